The molecule has 0 unspecified atom stereocenters. The molecule has 2 rings (SSSR count). The van der Waals surface area contributed by atoms with E-state index in [1.165, 1.54) is 12.8 Å². The van der Waals surface area contributed by atoms with Crippen LogP contribution in [0.2, 0.25) is 0 Å². The predicted molar refractivity (Wildman–Crippen MR) is 76.7 cm³/mol. The Morgan fingerprint density at radius 1 is 1.06 bits per heavy atom. The number of rotatable bonds is 5. The van der Waals surface area contributed by atoms with Gasteiger partial charge >= 0.3 is 0 Å². The molecule has 0 aliphatic carbocycles. The smallest absolute Gasteiger partial charge is 0.123 e. The molecule has 96 valence electrons. The second kappa shape index (κ2) is 5.87. The monoisotopic (exact) mass is 243 g/mol. The molecule has 2 heteroatoms. The fourth-order valence-electron chi connectivity index (χ4n) is 2.40. The molecule has 0 aliphatic rings. The first-order chi connectivity index (χ1) is 8.74. The number of benzene rings is 2. The highest BCUT2D eigenvalue weighted by atomic mass is 16.3. The highest BCUT2D eigenvalue weighted by molar-refractivity contribution is 5.91. The molecule has 2 aromatic carbocycles. The summed E-state index contributed by atoms with van der Waals surface area (Å²) < 4.78 is 0. The first-order valence-electron chi connectivity index (χ1n) is 6.70. The van der Waals surface area contributed by atoms with Gasteiger partial charge in [-0.1, -0.05) is 56.5 Å². The molecule has 2 aromatic rings. The molecule has 0 fully saturated rings. The molecule has 18 heavy (non-hydrogen) atoms. The molecule has 0 saturated carbocycles. The largest absolute Gasteiger partial charge is 0.507 e. The molecule has 0 amide bonds. The van der Waals surface area contributed by atoms with Crippen LogP contribution >= 0.6 is 0 Å². The lowest BCUT2D eigenvalue weighted by atomic mass is 9.95. The van der Waals surface area contributed by atoms with Crippen molar-refractivity contribution in [3.05, 3.63) is 42.0 Å². The first-order valence-corrected chi connectivity index (χ1v) is 6.70. The number of aromatic hydroxyl groups is 1. The van der Waals surface area contributed by atoms with Gasteiger partial charge in [0.05, 0.1) is 0 Å². The third-order valence-corrected chi connectivity index (χ3v) is 3.45. The van der Waals surface area contributed by atoms with Crippen LogP contribution in [0, 0.1) is 0 Å². The molecule has 0 aliphatic heterocycles. The average Bonchev–Trinajstić information content (AvgIpc) is 2.39. The number of hydrogen-bond donors (Lipinski definition) is 2. The fourth-order valence-corrected chi connectivity index (χ4v) is 2.40. The molecule has 1 atom stereocenters. The Balaban J connectivity index is 2.30. The average molecular weight is 243 g/mol. The van der Waals surface area contributed by atoms with E-state index in [1.807, 2.05) is 30.3 Å². The molecule has 3 N–H and O–H groups in total. The maximum absolute atomic E-state index is 9.85. The van der Waals surface area contributed by atoms with Gasteiger partial charge < -0.3 is 10.8 Å². The Morgan fingerprint density at radius 2 is 1.78 bits per heavy atom. The van der Waals surface area contributed by atoms with Gasteiger partial charge in [0.15, 0.2) is 0 Å². The van der Waals surface area contributed by atoms with E-state index in [0.717, 1.165) is 29.2 Å². The van der Waals surface area contributed by atoms with Crippen molar-refractivity contribution >= 4 is 10.8 Å². The maximum atomic E-state index is 9.85. The summed E-state index contributed by atoms with van der Waals surface area (Å²) in [7, 11) is 0. The molecule has 0 saturated heterocycles. The Labute approximate surface area is 108 Å². The Morgan fingerprint density at radius 3 is 2.50 bits per heavy atom. The summed E-state index contributed by atoms with van der Waals surface area (Å²) in [5, 5.41) is 11.8. The van der Waals surface area contributed by atoms with Crippen LogP contribution in [0.25, 0.3) is 10.8 Å². The molecule has 0 bridgehead atoms. The van der Waals surface area contributed by atoms with Gasteiger partial charge in [0.1, 0.15) is 5.75 Å². The van der Waals surface area contributed by atoms with E-state index in [1.54, 1.807) is 6.07 Å². The van der Waals surface area contributed by atoms with Crippen molar-refractivity contribution in [2.45, 2.75) is 38.6 Å². The predicted octanol–water partition coefficient (Wildman–Crippen LogP) is 4.13. The summed E-state index contributed by atoms with van der Waals surface area (Å²) in [6.07, 6.45) is 4.60. The minimum Gasteiger partial charge on any atom is -0.507 e. The quantitative estimate of drug-likeness (QED) is 0.776. The molecule has 0 aromatic heterocycles. The second-order valence-electron chi connectivity index (χ2n) is 4.82. The van der Waals surface area contributed by atoms with Gasteiger partial charge in [0.2, 0.25) is 0 Å². The van der Waals surface area contributed by atoms with Crippen molar-refractivity contribution < 1.29 is 5.11 Å². The number of phenols is 1. The number of phenolic OH excluding ortho intramolecular Hbond substituents is 1. The van der Waals surface area contributed by atoms with E-state index < -0.39 is 0 Å². The molecular formula is C16H21NO. The summed E-state index contributed by atoms with van der Waals surface area (Å²) in [4.78, 5) is 0. The van der Waals surface area contributed by atoms with Crippen molar-refractivity contribution in [3.8, 4) is 5.75 Å². The van der Waals surface area contributed by atoms with Gasteiger partial charge in [0, 0.05) is 11.4 Å². The third kappa shape index (κ3) is 2.65. The van der Waals surface area contributed by atoms with Crippen LogP contribution < -0.4 is 5.73 Å². The number of hydrogen-bond acceptors (Lipinski definition) is 2. The van der Waals surface area contributed by atoms with Gasteiger partial charge in [-0.3, -0.25) is 0 Å². The summed E-state index contributed by atoms with van der Waals surface area (Å²) >= 11 is 0. The van der Waals surface area contributed by atoms with Crippen molar-refractivity contribution in [1.29, 1.82) is 0 Å². The second-order valence-corrected chi connectivity index (χ2v) is 4.82. The summed E-state index contributed by atoms with van der Waals surface area (Å²) in [5.41, 5.74) is 7.41. The zero-order chi connectivity index (χ0) is 13.0. The zero-order valence-corrected chi connectivity index (χ0v) is 10.9. The fraction of sp³-hybridized carbons (Fsp3) is 0.375. The molecule has 0 heterocycles. The van der Waals surface area contributed by atoms with Gasteiger partial charge in [-0.15, -0.1) is 0 Å². The minimum absolute atomic E-state index is 0.0575. The van der Waals surface area contributed by atoms with E-state index in [2.05, 4.69) is 6.92 Å². The number of fused-ring (bicyclic) bond motifs is 1. The van der Waals surface area contributed by atoms with Crippen molar-refractivity contribution in [2.24, 2.45) is 5.73 Å². The van der Waals surface area contributed by atoms with Crippen LogP contribution in [0.3, 0.4) is 0 Å². The topological polar surface area (TPSA) is 46.2 Å². The maximum Gasteiger partial charge on any atom is 0.123 e. The Bertz CT molecular complexity index is 521. The van der Waals surface area contributed by atoms with Gasteiger partial charge in [-0.05, 0) is 23.4 Å². The highest BCUT2D eigenvalue weighted by Gasteiger charge is 2.11. The van der Waals surface area contributed by atoms with Crippen LogP contribution in [-0.2, 0) is 0 Å². The lowest BCUT2D eigenvalue weighted by Gasteiger charge is -2.15. The molecular weight excluding hydrogens is 222 g/mol. The van der Waals surface area contributed by atoms with E-state index in [0.29, 0.717) is 5.75 Å². The summed E-state index contributed by atoms with van der Waals surface area (Å²) in [6, 6.07) is 11.7. The van der Waals surface area contributed by atoms with Crippen molar-refractivity contribution in [3.63, 3.8) is 0 Å². The van der Waals surface area contributed by atoms with Gasteiger partial charge in [0.25, 0.3) is 0 Å². The first kappa shape index (κ1) is 12.9. The van der Waals surface area contributed by atoms with Crippen LogP contribution in [0.4, 0.5) is 0 Å². The Hall–Kier alpha value is -1.54. The molecule has 0 spiro atoms. The van der Waals surface area contributed by atoms with Crippen LogP contribution in [0.15, 0.2) is 36.4 Å². The zero-order valence-electron chi connectivity index (χ0n) is 10.9. The Kier molecular flexibility index (Phi) is 4.21. The standard InChI is InChI=1S/C16H21NO/c1-2-3-4-9-15(17)13-10-11-16(18)14-8-6-5-7-12(13)14/h5-8,10-11,15,18H,2-4,9,17H2,1H3/t15-/m1/s1. The molecule has 2 nitrogen and oxygen atoms in total. The van der Waals surface area contributed by atoms with Gasteiger partial charge in [-0.25, -0.2) is 0 Å². The number of nitrogens with two attached hydrogens (primary N) is 1. The molecule has 0 radical (unpaired) electrons. The van der Waals surface area contributed by atoms with Crippen LogP contribution in [0.1, 0.15) is 44.2 Å². The lowest BCUT2D eigenvalue weighted by Crippen LogP contribution is -2.10. The SMILES string of the molecule is CCCCC[C@@H](N)c1ccc(O)c2ccccc12. The minimum atomic E-state index is 0.0575. The summed E-state index contributed by atoms with van der Waals surface area (Å²) in [6.45, 7) is 2.20. The highest BCUT2D eigenvalue weighted by Crippen LogP contribution is 2.31. The van der Waals surface area contributed by atoms with Crippen molar-refractivity contribution in [2.75, 3.05) is 0 Å². The number of unbranched alkanes of at least 4 members (excludes halogenated alkanes) is 2. The van der Waals surface area contributed by atoms with E-state index in [4.69, 9.17) is 5.73 Å². The normalized spacial score (nSPS) is 12.8. The van der Waals surface area contributed by atoms with E-state index >= 15 is 0 Å². The summed E-state index contributed by atoms with van der Waals surface area (Å²) in [5.74, 6) is 0.329. The van der Waals surface area contributed by atoms with E-state index in [9.17, 15) is 5.11 Å². The van der Waals surface area contributed by atoms with Gasteiger partial charge in [-0.2, -0.15) is 0 Å². The van der Waals surface area contributed by atoms with Crippen LogP contribution in [0.5, 0.6) is 5.75 Å². The lowest BCUT2D eigenvalue weighted by molar-refractivity contribution is 0.481. The van der Waals surface area contributed by atoms with Crippen molar-refractivity contribution in [1.82, 2.24) is 0 Å². The van der Waals surface area contributed by atoms with E-state index in [-0.39, 0.29) is 6.04 Å². The third-order valence-electron chi connectivity index (χ3n) is 3.45. The van der Waals surface area contributed by atoms with Crippen LogP contribution in [-0.4, -0.2) is 5.11 Å².